The molecule has 0 heterocycles. The van der Waals surface area contributed by atoms with Gasteiger partial charge in [0, 0.05) is 11.0 Å². The van der Waals surface area contributed by atoms with Crippen LogP contribution in [0.2, 0.25) is 0 Å². The quantitative estimate of drug-likeness (QED) is 0.603. The normalized spacial score (nSPS) is 11.8. The Morgan fingerprint density at radius 1 is 1.00 bits per heavy atom. The van der Waals surface area contributed by atoms with Crippen LogP contribution < -0.4 is 0 Å². The summed E-state index contributed by atoms with van der Waals surface area (Å²) >= 11 is 3.37. The molecule has 0 aliphatic carbocycles. The lowest BCUT2D eigenvalue weighted by atomic mass is 10.1. The van der Waals surface area contributed by atoms with Crippen LogP contribution in [0, 0.1) is 17.7 Å². The standard InChI is InChI=1S/C17H27BrFN/c1-13(2)5-7-20(8-6-14(3)4)12-15-9-16(18)11-17(19)10-15/h9-11,13-14H,5-8,12H2,1-4H3. The first kappa shape index (κ1) is 17.6. The van der Waals surface area contributed by atoms with Gasteiger partial charge in [0.15, 0.2) is 0 Å². The minimum atomic E-state index is -0.165. The zero-order chi connectivity index (χ0) is 15.1. The van der Waals surface area contributed by atoms with Gasteiger partial charge in [0.05, 0.1) is 0 Å². The fourth-order valence-corrected chi connectivity index (χ4v) is 2.62. The van der Waals surface area contributed by atoms with Gasteiger partial charge in [0.1, 0.15) is 5.82 Å². The predicted molar refractivity (Wildman–Crippen MR) is 88.3 cm³/mol. The summed E-state index contributed by atoms with van der Waals surface area (Å²) in [6.07, 6.45) is 2.38. The molecule has 0 aromatic heterocycles. The van der Waals surface area contributed by atoms with Gasteiger partial charge in [-0.2, -0.15) is 0 Å². The van der Waals surface area contributed by atoms with Crippen LogP contribution >= 0.6 is 15.9 Å². The van der Waals surface area contributed by atoms with E-state index in [-0.39, 0.29) is 5.82 Å². The highest BCUT2D eigenvalue weighted by molar-refractivity contribution is 9.10. The molecule has 0 aliphatic heterocycles. The molecule has 0 saturated heterocycles. The summed E-state index contributed by atoms with van der Waals surface area (Å²) in [7, 11) is 0. The van der Waals surface area contributed by atoms with Crippen LogP contribution in [0.1, 0.15) is 46.1 Å². The molecule has 1 nitrogen and oxygen atoms in total. The van der Waals surface area contributed by atoms with Crippen molar-refractivity contribution in [1.29, 1.82) is 0 Å². The summed E-state index contributed by atoms with van der Waals surface area (Å²) in [5.41, 5.74) is 1.05. The molecule has 20 heavy (non-hydrogen) atoms. The van der Waals surface area contributed by atoms with E-state index in [1.165, 1.54) is 18.9 Å². The van der Waals surface area contributed by atoms with Crippen molar-refractivity contribution in [3.63, 3.8) is 0 Å². The van der Waals surface area contributed by atoms with Crippen LogP contribution in [-0.2, 0) is 6.54 Å². The molecule has 0 unspecified atom stereocenters. The van der Waals surface area contributed by atoms with Gasteiger partial charge in [-0.3, -0.25) is 4.90 Å². The number of halogens is 2. The van der Waals surface area contributed by atoms with Crippen molar-refractivity contribution in [3.8, 4) is 0 Å². The van der Waals surface area contributed by atoms with Gasteiger partial charge >= 0.3 is 0 Å². The lowest BCUT2D eigenvalue weighted by Gasteiger charge is -2.24. The van der Waals surface area contributed by atoms with E-state index >= 15 is 0 Å². The van der Waals surface area contributed by atoms with Crippen molar-refractivity contribution in [3.05, 3.63) is 34.1 Å². The fourth-order valence-electron chi connectivity index (χ4n) is 2.11. The maximum atomic E-state index is 13.5. The second kappa shape index (κ2) is 8.78. The molecule has 1 aromatic rings. The fraction of sp³-hybridized carbons (Fsp3) is 0.647. The predicted octanol–water partition coefficient (Wildman–Crippen LogP) is 5.48. The molecule has 3 heteroatoms. The Balaban J connectivity index is 2.66. The maximum absolute atomic E-state index is 13.5. The molecule has 0 amide bonds. The first-order chi connectivity index (χ1) is 9.36. The molecule has 0 fully saturated rings. The Bertz CT molecular complexity index is 372. The van der Waals surface area contributed by atoms with Gasteiger partial charge in [-0.15, -0.1) is 0 Å². The van der Waals surface area contributed by atoms with E-state index < -0.39 is 0 Å². The van der Waals surface area contributed by atoms with E-state index in [2.05, 4.69) is 48.5 Å². The Labute approximate surface area is 131 Å². The second-order valence-corrected chi connectivity index (χ2v) is 7.33. The van der Waals surface area contributed by atoms with Gasteiger partial charge < -0.3 is 0 Å². The third-order valence-electron chi connectivity index (χ3n) is 3.37. The van der Waals surface area contributed by atoms with Crippen molar-refractivity contribution in [2.24, 2.45) is 11.8 Å². The summed E-state index contributed by atoms with van der Waals surface area (Å²) in [6, 6.07) is 5.17. The Hall–Kier alpha value is -0.410. The Morgan fingerprint density at radius 2 is 1.55 bits per heavy atom. The number of hydrogen-bond donors (Lipinski definition) is 0. The van der Waals surface area contributed by atoms with Crippen molar-refractivity contribution in [2.45, 2.75) is 47.1 Å². The highest BCUT2D eigenvalue weighted by atomic mass is 79.9. The van der Waals surface area contributed by atoms with Crippen LogP contribution in [0.3, 0.4) is 0 Å². The molecule has 114 valence electrons. The van der Waals surface area contributed by atoms with E-state index in [9.17, 15) is 4.39 Å². The summed E-state index contributed by atoms with van der Waals surface area (Å²) < 4.78 is 14.3. The highest BCUT2D eigenvalue weighted by Crippen LogP contribution is 2.17. The monoisotopic (exact) mass is 343 g/mol. The average Bonchev–Trinajstić information content (AvgIpc) is 2.31. The van der Waals surface area contributed by atoms with E-state index in [4.69, 9.17) is 0 Å². The Morgan fingerprint density at radius 3 is 2.00 bits per heavy atom. The number of hydrogen-bond acceptors (Lipinski definition) is 1. The highest BCUT2D eigenvalue weighted by Gasteiger charge is 2.09. The molecule has 1 rings (SSSR count). The molecule has 0 atom stereocenters. The van der Waals surface area contributed by atoms with Crippen molar-refractivity contribution in [1.82, 2.24) is 4.90 Å². The van der Waals surface area contributed by atoms with Crippen molar-refractivity contribution in [2.75, 3.05) is 13.1 Å². The third-order valence-corrected chi connectivity index (χ3v) is 3.83. The Kier molecular flexibility index (Phi) is 7.75. The van der Waals surface area contributed by atoms with Gasteiger partial charge in [-0.1, -0.05) is 43.6 Å². The zero-order valence-corrected chi connectivity index (χ0v) is 14.7. The van der Waals surface area contributed by atoms with Gasteiger partial charge in [-0.25, -0.2) is 4.39 Å². The molecule has 0 bridgehead atoms. The number of rotatable bonds is 8. The SMILES string of the molecule is CC(C)CCN(CCC(C)C)Cc1cc(F)cc(Br)c1. The molecule has 0 radical (unpaired) electrons. The molecule has 0 spiro atoms. The minimum absolute atomic E-state index is 0.165. The largest absolute Gasteiger partial charge is 0.299 e. The van der Waals surface area contributed by atoms with E-state index in [1.54, 1.807) is 6.07 Å². The molecular formula is C17H27BrFN. The maximum Gasteiger partial charge on any atom is 0.124 e. The van der Waals surface area contributed by atoms with E-state index in [1.807, 2.05) is 6.07 Å². The van der Waals surface area contributed by atoms with Crippen LogP contribution in [0.15, 0.2) is 22.7 Å². The first-order valence-electron chi connectivity index (χ1n) is 7.54. The summed E-state index contributed by atoms with van der Waals surface area (Å²) in [6.45, 7) is 12.0. The summed E-state index contributed by atoms with van der Waals surface area (Å²) in [5, 5.41) is 0. The number of nitrogens with zero attached hydrogens (tertiary/aromatic N) is 1. The number of benzene rings is 1. The summed E-state index contributed by atoms with van der Waals surface area (Å²) in [4.78, 5) is 2.45. The van der Waals surface area contributed by atoms with E-state index in [0.717, 1.165) is 29.7 Å². The second-order valence-electron chi connectivity index (χ2n) is 6.42. The van der Waals surface area contributed by atoms with Crippen LogP contribution in [0.5, 0.6) is 0 Å². The van der Waals surface area contributed by atoms with E-state index in [0.29, 0.717) is 11.8 Å². The lowest BCUT2D eigenvalue weighted by Crippen LogP contribution is -2.27. The topological polar surface area (TPSA) is 3.24 Å². The molecular weight excluding hydrogens is 317 g/mol. The van der Waals surface area contributed by atoms with Crippen molar-refractivity contribution < 1.29 is 4.39 Å². The first-order valence-corrected chi connectivity index (χ1v) is 8.33. The lowest BCUT2D eigenvalue weighted by molar-refractivity contribution is 0.235. The van der Waals surface area contributed by atoms with Gasteiger partial charge in [-0.05, 0) is 61.5 Å². The summed E-state index contributed by atoms with van der Waals surface area (Å²) in [5.74, 6) is 1.24. The van der Waals surface area contributed by atoms with Crippen molar-refractivity contribution >= 4 is 15.9 Å². The van der Waals surface area contributed by atoms with Gasteiger partial charge in [0.25, 0.3) is 0 Å². The third kappa shape index (κ3) is 7.39. The van der Waals surface area contributed by atoms with Gasteiger partial charge in [0.2, 0.25) is 0 Å². The minimum Gasteiger partial charge on any atom is -0.299 e. The van der Waals surface area contributed by atoms with Crippen LogP contribution in [0.25, 0.3) is 0 Å². The average molecular weight is 344 g/mol. The molecule has 0 N–H and O–H groups in total. The molecule has 0 saturated carbocycles. The molecule has 1 aromatic carbocycles. The molecule has 0 aliphatic rings. The smallest absolute Gasteiger partial charge is 0.124 e. The zero-order valence-electron chi connectivity index (χ0n) is 13.1. The van der Waals surface area contributed by atoms with Crippen LogP contribution in [0.4, 0.5) is 4.39 Å². The van der Waals surface area contributed by atoms with Crippen LogP contribution in [-0.4, -0.2) is 18.0 Å².